The fourth-order valence-electron chi connectivity index (χ4n) is 1.25. The van der Waals surface area contributed by atoms with E-state index in [1.807, 2.05) is 0 Å². The summed E-state index contributed by atoms with van der Waals surface area (Å²) in [4.78, 5) is 0. The molecule has 1 saturated heterocycles. The van der Waals surface area contributed by atoms with E-state index in [9.17, 15) is 0 Å². The van der Waals surface area contributed by atoms with Crippen LogP contribution in [-0.2, 0) is 4.74 Å². The molecule has 60 valence electrons. The van der Waals surface area contributed by atoms with Crippen LogP contribution < -0.4 is 5.32 Å². The van der Waals surface area contributed by atoms with Gasteiger partial charge in [0.2, 0.25) is 0 Å². The second-order valence-electron chi connectivity index (χ2n) is 2.93. The van der Waals surface area contributed by atoms with Crippen LogP contribution in [0.15, 0.2) is 0 Å². The Bertz CT molecular complexity index is 79.3. The van der Waals surface area contributed by atoms with Crippen LogP contribution >= 0.6 is 0 Å². The van der Waals surface area contributed by atoms with Crippen molar-refractivity contribution in [2.75, 3.05) is 26.3 Å². The van der Waals surface area contributed by atoms with Gasteiger partial charge in [0.25, 0.3) is 0 Å². The molecule has 0 saturated carbocycles. The van der Waals surface area contributed by atoms with E-state index in [0.29, 0.717) is 0 Å². The normalized spacial score (nSPS) is 25.5. The van der Waals surface area contributed by atoms with Crippen molar-refractivity contribution in [3.8, 4) is 0 Å². The van der Waals surface area contributed by atoms with Crippen LogP contribution in [0, 0.1) is 5.92 Å². The Balaban J connectivity index is 1.91. The van der Waals surface area contributed by atoms with Gasteiger partial charge in [0.1, 0.15) is 0 Å². The van der Waals surface area contributed by atoms with Crippen molar-refractivity contribution in [1.29, 1.82) is 0 Å². The molecule has 1 aliphatic heterocycles. The quantitative estimate of drug-likeness (QED) is 0.593. The molecule has 0 spiro atoms. The number of ether oxygens (including phenoxy) is 1. The predicted octanol–water partition coefficient (Wildman–Crippen LogP) is 1.02. The van der Waals surface area contributed by atoms with Crippen LogP contribution in [0.1, 0.15) is 19.8 Å². The largest absolute Gasteiger partial charge is 0.381 e. The number of hydrogen-bond acceptors (Lipinski definition) is 2. The van der Waals surface area contributed by atoms with Crippen LogP contribution in [-0.4, -0.2) is 26.3 Å². The first kappa shape index (κ1) is 8.02. The summed E-state index contributed by atoms with van der Waals surface area (Å²) in [5.41, 5.74) is 0. The van der Waals surface area contributed by atoms with E-state index in [0.717, 1.165) is 32.1 Å². The zero-order valence-electron chi connectivity index (χ0n) is 6.73. The SMILES string of the molecule is CCCOC[C@@H]1CCNC1. The summed E-state index contributed by atoms with van der Waals surface area (Å²) in [6.07, 6.45) is 2.43. The molecule has 1 aliphatic rings. The molecule has 1 rings (SSSR count). The average molecular weight is 143 g/mol. The van der Waals surface area contributed by atoms with Gasteiger partial charge in [-0.05, 0) is 25.3 Å². The van der Waals surface area contributed by atoms with Crippen molar-refractivity contribution in [3.63, 3.8) is 0 Å². The predicted molar refractivity (Wildman–Crippen MR) is 42.1 cm³/mol. The molecule has 0 aromatic carbocycles. The van der Waals surface area contributed by atoms with E-state index in [4.69, 9.17) is 4.74 Å². The summed E-state index contributed by atoms with van der Waals surface area (Å²) >= 11 is 0. The maximum Gasteiger partial charge on any atom is 0.0506 e. The van der Waals surface area contributed by atoms with Crippen molar-refractivity contribution in [1.82, 2.24) is 5.32 Å². The van der Waals surface area contributed by atoms with E-state index < -0.39 is 0 Å². The monoisotopic (exact) mass is 143 g/mol. The molecule has 1 atom stereocenters. The molecule has 1 fully saturated rings. The van der Waals surface area contributed by atoms with E-state index in [1.54, 1.807) is 0 Å². The van der Waals surface area contributed by atoms with Crippen LogP contribution in [0.2, 0.25) is 0 Å². The highest BCUT2D eigenvalue weighted by Gasteiger charge is 2.13. The summed E-state index contributed by atoms with van der Waals surface area (Å²) in [5, 5.41) is 3.32. The Labute approximate surface area is 63.0 Å². The lowest BCUT2D eigenvalue weighted by atomic mass is 10.1. The fraction of sp³-hybridized carbons (Fsp3) is 1.00. The van der Waals surface area contributed by atoms with Gasteiger partial charge in [-0.2, -0.15) is 0 Å². The van der Waals surface area contributed by atoms with E-state index in [2.05, 4.69) is 12.2 Å². The summed E-state index contributed by atoms with van der Waals surface area (Å²) < 4.78 is 5.43. The van der Waals surface area contributed by atoms with Crippen LogP contribution in [0.5, 0.6) is 0 Å². The zero-order chi connectivity index (χ0) is 7.23. The number of nitrogens with one attached hydrogen (secondary N) is 1. The molecule has 0 aromatic rings. The second kappa shape index (κ2) is 4.69. The summed E-state index contributed by atoms with van der Waals surface area (Å²) in [6, 6.07) is 0. The molecule has 2 nitrogen and oxygen atoms in total. The van der Waals surface area contributed by atoms with E-state index >= 15 is 0 Å². The van der Waals surface area contributed by atoms with Gasteiger partial charge in [-0.25, -0.2) is 0 Å². The highest BCUT2D eigenvalue weighted by molar-refractivity contribution is 4.69. The lowest BCUT2D eigenvalue weighted by Crippen LogP contribution is -2.13. The molecule has 0 aromatic heterocycles. The fourth-order valence-corrected chi connectivity index (χ4v) is 1.25. The standard InChI is InChI=1S/C8H17NO/c1-2-5-10-7-8-3-4-9-6-8/h8-9H,2-7H2,1H3/t8-/m1/s1. The van der Waals surface area contributed by atoms with Crippen LogP contribution in [0.4, 0.5) is 0 Å². The Kier molecular flexibility index (Phi) is 3.76. The molecular formula is C8H17NO. The van der Waals surface area contributed by atoms with Crippen LogP contribution in [0.3, 0.4) is 0 Å². The Morgan fingerprint density at radius 2 is 2.50 bits per heavy atom. The maximum atomic E-state index is 5.43. The van der Waals surface area contributed by atoms with Crippen molar-refractivity contribution >= 4 is 0 Å². The van der Waals surface area contributed by atoms with Crippen LogP contribution in [0.25, 0.3) is 0 Å². The summed E-state index contributed by atoms with van der Waals surface area (Å²) in [5.74, 6) is 0.784. The van der Waals surface area contributed by atoms with Crippen molar-refractivity contribution in [2.45, 2.75) is 19.8 Å². The van der Waals surface area contributed by atoms with Gasteiger partial charge >= 0.3 is 0 Å². The van der Waals surface area contributed by atoms with Gasteiger partial charge in [0.05, 0.1) is 6.61 Å². The zero-order valence-corrected chi connectivity index (χ0v) is 6.73. The third kappa shape index (κ3) is 2.67. The van der Waals surface area contributed by atoms with E-state index in [1.165, 1.54) is 13.0 Å². The van der Waals surface area contributed by atoms with Gasteiger partial charge in [0.15, 0.2) is 0 Å². The van der Waals surface area contributed by atoms with Gasteiger partial charge < -0.3 is 10.1 Å². The molecule has 1 N–H and O–H groups in total. The molecule has 0 amide bonds. The number of hydrogen-bond donors (Lipinski definition) is 1. The van der Waals surface area contributed by atoms with Crippen molar-refractivity contribution in [2.24, 2.45) is 5.92 Å². The lowest BCUT2D eigenvalue weighted by Gasteiger charge is -2.07. The number of rotatable bonds is 4. The summed E-state index contributed by atoms with van der Waals surface area (Å²) in [7, 11) is 0. The first-order chi connectivity index (χ1) is 4.93. The lowest BCUT2D eigenvalue weighted by molar-refractivity contribution is 0.106. The minimum absolute atomic E-state index is 0.784. The third-order valence-corrected chi connectivity index (χ3v) is 1.86. The summed E-state index contributed by atoms with van der Waals surface area (Å²) in [6.45, 7) is 6.37. The minimum atomic E-state index is 0.784. The maximum absolute atomic E-state index is 5.43. The molecule has 0 unspecified atom stereocenters. The van der Waals surface area contributed by atoms with Gasteiger partial charge in [-0.3, -0.25) is 0 Å². The molecule has 0 aliphatic carbocycles. The second-order valence-corrected chi connectivity index (χ2v) is 2.93. The molecule has 0 radical (unpaired) electrons. The molecule has 0 bridgehead atoms. The molecule has 1 heterocycles. The highest BCUT2D eigenvalue weighted by Crippen LogP contribution is 2.07. The molecule has 2 heteroatoms. The van der Waals surface area contributed by atoms with Gasteiger partial charge in [0, 0.05) is 13.2 Å². The molecule has 10 heavy (non-hydrogen) atoms. The van der Waals surface area contributed by atoms with Gasteiger partial charge in [-0.15, -0.1) is 0 Å². The Morgan fingerprint density at radius 3 is 3.10 bits per heavy atom. The van der Waals surface area contributed by atoms with Crippen molar-refractivity contribution in [3.05, 3.63) is 0 Å². The highest BCUT2D eigenvalue weighted by atomic mass is 16.5. The molecular weight excluding hydrogens is 126 g/mol. The minimum Gasteiger partial charge on any atom is -0.381 e. The third-order valence-electron chi connectivity index (χ3n) is 1.86. The first-order valence-corrected chi connectivity index (χ1v) is 4.22. The Morgan fingerprint density at radius 1 is 1.60 bits per heavy atom. The van der Waals surface area contributed by atoms with Gasteiger partial charge in [-0.1, -0.05) is 6.92 Å². The van der Waals surface area contributed by atoms with Crippen molar-refractivity contribution < 1.29 is 4.74 Å². The first-order valence-electron chi connectivity index (χ1n) is 4.22. The van der Waals surface area contributed by atoms with E-state index in [-0.39, 0.29) is 0 Å². The average Bonchev–Trinajstić information content (AvgIpc) is 2.41. The smallest absolute Gasteiger partial charge is 0.0506 e. The Hall–Kier alpha value is -0.0800. The topological polar surface area (TPSA) is 21.3 Å².